The van der Waals surface area contributed by atoms with Crippen LogP contribution in [0.15, 0.2) is 84.9 Å². The Balaban J connectivity index is 1.92. The van der Waals surface area contributed by atoms with Gasteiger partial charge in [-0.25, -0.2) is 5.01 Å². The summed E-state index contributed by atoms with van der Waals surface area (Å²) in [6, 6.07) is 27.5. The van der Waals surface area contributed by atoms with Gasteiger partial charge in [-0.15, -0.1) is 10.2 Å². The van der Waals surface area contributed by atoms with Crippen molar-refractivity contribution in [3.63, 3.8) is 0 Å². The maximum Gasteiger partial charge on any atom is 0.255 e. The fourth-order valence-corrected chi connectivity index (χ4v) is 3.20. The summed E-state index contributed by atoms with van der Waals surface area (Å²) in [5.41, 5.74) is 6.77. The maximum atomic E-state index is 11.9. The molecule has 0 fully saturated rings. The predicted molar refractivity (Wildman–Crippen MR) is 127 cm³/mol. The number of rotatable bonds is 6. The highest BCUT2D eigenvalue weighted by Gasteiger charge is 2.23. The molecule has 3 aromatic carbocycles. The van der Waals surface area contributed by atoms with Crippen molar-refractivity contribution < 1.29 is 4.79 Å². The zero-order valence-corrected chi connectivity index (χ0v) is 18.0. The second kappa shape index (κ2) is 8.89. The fraction of sp³-hybridized carbons (Fsp3) is 0.0833. The van der Waals surface area contributed by atoms with E-state index in [1.54, 1.807) is 5.01 Å². The number of nitrogens with zero attached hydrogens (tertiary/aromatic N) is 4. The van der Waals surface area contributed by atoms with E-state index in [0.717, 1.165) is 22.5 Å². The zero-order valence-electron chi connectivity index (χ0n) is 17.2. The first kappa shape index (κ1) is 20.4. The average Bonchev–Trinajstić information content (AvgIpc) is 3.23. The van der Waals surface area contributed by atoms with Gasteiger partial charge in [0, 0.05) is 12.5 Å². The minimum atomic E-state index is -0.236. The van der Waals surface area contributed by atoms with Gasteiger partial charge in [0.05, 0.1) is 11.4 Å². The molecular formula is C24H21N5OS. The number of hydrogen-bond acceptors (Lipinski definition) is 5. The van der Waals surface area contributed by atoms with Crippen molar-refractivity contribution in [1.29, 1.82) is 0 Å². The van der Waals surface area contributed by atoms with Crippen LogP contribution >= 0.6 is 12.2 Å². The number of hydrazine groups is 1. The first-order valence-corrected chi connectivity index (χ1v) is 10.2. The predicted octanol–water partition coefficient (Wildman–Crippen LogP) is 4.80. The summed E-state index contributed by atoms with van der Waals surface area (Å²) in [5.74, 6) is 0.926. The third-order valence-electron chi connectivity index (χ3n) is 4.72. The lowest BCUT2D eigenvalue weighted by molar-refractivity contribution is -0.111. The number of benzene rings is 3. The lowest BCUT2D eigenvalue weighted by Gasteiger charge is -2.25. The number of thiocarbonyl (C=S) groups is 1. The molecule has 4 aromatic rings. The van der Waals surface area contributed by atoms with Crippen LogP contribution in [0.4, 0.5) is 11.6 Å². The van der Waals surface area contributed by atoms with Gasteiger partial charge in [0.2, 0.25) is 0 Å². The second-order valence-electron chi connectivity index (χ2n) is 7.03. The topological polar surface area (TPSA) is 63.1 Å². The number of Topliss-reactive ketones (excluding diaryl/α,β-unsaturated/α-hetero) is 1. The number of anilines is 2. The lowest BCUT2D eigenvalue weighted by atomic mass is 10.1. The quantitative estimate of drug-likeness (QED) is 0.352. The molecule has 7 heteroatoms. The molecule has 0 bridgehead atoms. The summed E-state index contributed by atoms with van der Waals surface area (Å²) in [4.78, 5) is 12.0. The summed E-state index contributed by atoms with van der Waals surface area (Å²) >= 11 is 5.27. The van der Waals surface area contributed by atoms with Crippen LogP contribution in [-0.2, 0) is 4.79 Å². The van der Waals surface area contributed by atoms with Crippen molar-refractivity contribution in [2.45, 2.75) is 13.8 Å². The van der Waals surface area contributed by atoms with Crippen LogP contribution in [0.25, 0.3) is 17.1 Å². The Morgan fingerprint density at radius 2 is 1.52 bits per heavy atom. The largest absolute Gasteiger partial charge is 0.292 e. The molecule has 1 heterocycles. The Kier molecular flexibility index (Phi) is 5.86. The van der Waals surface area contributed by atoms with Gasteiger partial charge in [-0.2, -0.15) is 0 Å². The number of carbonyl (C=O) groups excluding carboxylic acids is 1. The number of aryl methyl sites for hydroxylation is 1. The van der Waals surface area contributed by atoms with E-state index < -0.39 is 0 Å². The summed E-state index contributed by atoms with van der Waals surface area (Å²) in [7, 11) is 0. The lowest BCUT2D eigenvalue weighted by Crippen LogP contribution is -2.42. The molecule has 0 saturated heterocycles. The molecular weight excluding hydrogens is 406 g/mol. The van der Waals surface area contributed by atoms with E-state index in [-0.39, 0.29) is 10.8 Å². The van der Waals surface area contributed by atoms with E-state index in [4.69, 9.17) is 12.2 Å². The Hall–Kier alpha value is -3.84. The van der Waals surface area contributed by atoms with Crippen LogP contribution in [0.5, 0.6) is 0 Å². The first-order chi connectivity index (χ1) is 15.0. The molecule has 0 aliphatic carbocycles. The van der Waals surface area contributed by atoms with Crippen molar-refractivity contribution in [3.8, 4) is 17.1 Å². The van der Waals surface area contributed by atoms with Crippen molar-refractivity contribution in [2.75, 3.05) is 5.01 Å². The molecule has 6 nitrogen and oxygen atoms in total. The first-order valence-electron chi connectivity index (χ1n) is 9.79. The molecule has 31 heavy (non-hydrogen) atoms. The van der Waals surface area contributed by atoms with Gasteiger partial charge in [-0.1, -0.05) is 78.4 Å². The number of ketones is 1. The van der Waals surface area contributed by atoms with Gasteiger partial charge in [-0.05, 0) is 31.2 Å². The zero-order chi connectivity index (χ0) is 21.8. The summed E-state index contributed by atoms with van der Waals surface area (Å²) in [6.07, 6.45) is 0. The van der Waals surface area contributed by atoms with Gasteiger partial charge in [0.25, 0.3) is 5.95 Å². The van der Waals surface area contributed by atoms with Crippen LogP contribution in [0.3, 0.4) is 0 Å². The molecule has 0 radical (unpaired) electrons. The highest BCUT2D eigenvalue weighted by Crippen LogP contribution is 2.30. The minimum Gasteiger partial charge on any atom is -0.292 e. The molecule has 154 valence electrons. The van der Waals surface area contributed by atoms with Gasteiger partial charge >= 0.3 is 0 Å². The number of carbonyl (C=O) groups is 1. The summed E-state index contributed by atoms with van der Waals surface area (Å²) in [6.45, 7) is 3.47. The summed E-state index contributed by atoms with van der Waals surface area (Å²) < 4.78 is 1.94. The molecule has 0 atom stereocenters. The number of nitrogens with one attached hydrogen (secondary N) is 1. The van der Waals surface area contributed by atoms with Crippen LogP contribution in [0.2, 0.25) is 0 Å². The maximum absolute atomic E-state index is 11.9. The molecule has 1 N–H and O–H groups in total. The minimum absolute atomic E-state index is 0.0864. The second-order valence-corrected chi connectivity index (χ2v) is 7.44. The average molecular weight is 428 g/mol. The fourth-order valence-electron chi connectivity index (χ4n) is 3.11. The molecule has 0 aliphatic heterocycles. The van der Waals surface area contributed by atoms with Crippen LogP contribution in [-0.4, -0.2) is 25.5 Å². The van der Waals surface area contributed by atoms with E-state index >= 15 is 0 Å². The third-order valence-corrected chi connectivity index (χ3v) is 5.10. The number of aromatic nitrogens is 3. The monoisotopic (exact) mass is 427 g/mol. The van der Waals surface area contributed by atoms with Crippen molar-refractivity contribution in [1.82, 2.24) is 20.2 Å². The molecule has 4 rings (SSSR count). The molecule has 0 amide bonds. The van der Waals surface area contributed by atoms with Gasteiger partial charge in [0.1, 0.15) is 0 Å². The highest BCUT2D eigenvalue weighted by atomic mass is 32.1. The van der Waals surface area contributed by atoms with Crippen molar-refractivity contribution >= 4 is 34.6 Å². The Morgan fingerprint density at radius 3 is 2.13 bits per heavy atom. The van der Waals surface area contributed by atoms with Crippen LogP contribution in [0.1, 0.15) is 12.5 Å². The Bertz CT molecular complexity index is 1200. The van der Waals surface area contributed by atoms with E-state index in [1.165, 1.54) is 6.92 Å². The Labute approximate surface area is 186 Å². The van der Waals surface area contributed by atoms with Gasteiger partial charge in [-0.3, -0.25) is 14.8 Å². The van der Waals surface area contributed by atoms with Crippen molar-refractivity contribution in [2.24, 2.45) is 0 Å². The molecule has 1 aromatic heterocycles. The van der Waals surface area contributed by atoms with E-state index in [0.29, 0.717) is 11.8 Å². The number of hydrogen-bond donors (Lipinski definition) is 1. The molecule has 0 spiro atoms. The van der Waals surface area contributed by atoms with E-state index in [9.17, 15) is 4.79 Å². The number of para-hydroxylation sites is 2. The highest BCUT2D eigenvalue weighted by molar-refractivity contribution is 7.82. The van der Waals surface area contributed by atoms with Gasteiger partial charge in [0.15, 0.2) is 16.6 Å². The molecule has 0 saturated carbocycles. The molecule has 0 aliphatic rings. The van der Waals surface area contributed by atoms with E-state index in [1.807, 2.05) is 96.4 Å². The molecule has 0 unspecified atom stereocenters. The standard InChI is InChI=1S/C24H21N5OS/c1-17-13-15-19(16-14-17)22-25-26-24(28(22)20-9-5-3-6-10-20)29(27-23(31)18(2)30)21-11-7-4-8-12-21/h3-16H,1-2H3,(H,27,31). The van der Waals surface area contributed by atoms with Crippen LogP contribution < -0.4 is 10.4 Å². The normalized spacial score (nSPS) is 10.5. The van der Waals surface area contributed by atoms with E-state index in [2.05, 4.69) is 15.6 Å². The Morgan fingerprint density at radius 1 is 0.903 bits per heavy atom. The smallest absolute Gasteiger partial charge is 0.255 e. The third kappa shape index (κ3) is 4.36. The van der Waals surface area contributed by atoms with Crippen LogP contribution in [0, 0.1) is 6.92 Å². The SMILES string of the molecule is CC(=O)C(=S)NN(c1ccccc1)c1nnc(-c2ccc(C)cc2)n1-c1ccccc1. The van der Waals surface area contributed by atoms with Gasteiger partial charge < -0.3 is 0 Å². The summed E-state index contributed by atoms with van der Waals surface area (Å²) in [5, 5.41) is 10.7. The van der Waals surface area contributed by atoms with Crippen molar-refractivity contribution in [3.05, 3.63) is 90.5 Å².